The van der Waals surface area contributed by atoms with E-state index in [-0.39, 0.29) is 5.56 Å². The molecule has 28 heavy (non-hydrogen) atoms. The molecule has 4 rings (SSSR count). The first-order chi connectivity index (χ1) is 13.5. The maximum absolute atomic E-state index is 12.2. The number of piperidine rings is 1. The number of nitrogens with one attached hydrogen (secondary N) is 1. The summed E-state index contributed by atoms with van der Waals surface area (Å²) in [6.07, 6.45) is 7.60. The first-order valence-electron chi connectivity index (χ1n) is 11.3. The average Bonchev–Trinajstić information content (AvgIpc) is 3.33. The maximum atomic E-state index is 12.2. The number of rotatable bonds is 6. The molecule has 6 nitrogen and oxygen atoms in total. The van der Waals surface area contributed by atoms with Gasteiger partial charge in [-0.3, -0.25) is 9.78 Å². The number of aromatic amines is 1. The highest BCUT2D eigenvalue weighted by Crippen LogP contribution is 2.30. The normalized spacial score (nSPS) is 24.9. The van der Waals surface area contributed by atoms with Crippen molar-refractivity contribution in [3.8, 4) is 0 Å². The monoisotopic (exact) mass is 387 g/mol. The third-order valence-corrected chi connectivity index (χ3v) is 6.60. The predicted octanol–water partition coefficient (Wildman–Crippen LogP) is 2.67. The van der Waals surface area contributed by atoms with Gasteiger partial charge < -0.3 is 14.7 Å². The van der Waals surface area contributed by atoms with Gasteiger partial charge in [0, 0.05) is 44.7 Å². The van der Waals surface area contributed by atoms with Crippen LogP contribution in [0.2, 0.25) is 0 Å². The minimum absolute atomic E-state index is 0.00391. The average molecular weight is 388 g/mol. The first kappa shape index (κ1) is 19.9. The maximum Gasteiger partial charge on any atom is 0.252 e. The van der Waals surface area contributed by atoms with E-state index in [1.807, 2.05) is 0 Å². The van der Waals surface area contributed by atoms with Crippen LogP contribution in [0.5, 0.6) is 0 Å². The molecule has 1 aromatic heterocycles. The van der Waals surface area contributed by atoms with E-state index in [2.05, 4.69) is 33.5 Å². The Bertz CT molecular complexity index is 703. The zero-order valence-electron chi connectivity index (χ0n) is 17.8. The minimum Gasteiger partial charge on any atom is -0.342 e. The molecular formula is C22H37N5O. The van der Waals surface area contributed by atoms with E-state index in [9.17, 15) is 4.79 Å². The molecule has 1 aromatic rings. The van der Waals surface area contributed by atoms with Crippen molar-refractivity contribution >= 4 is 5.95 Å². The molecule has 0 saturated carbocycles. The van der Waals surface area contributed by atoms with Gasteiger partial charge in [-0.15, -0.1) is 0 Å². The van der Waals surface area contributed by atoms with Gasteiger partial charge in [0.1, 0.15) is 0 Å². The third kappa shape index (κ3) is 4.95. The highest BCUT2D eigenvalue weighted by molar-refractivity contribution is 5.32. The van der Waals surface area contributed by atoms with Crippen LogP contribution in [-0.4, -0.2) is 72.1 Å². The molecule has 1 N–H and O–H groups in total. The Labute approximate surface area is 169 Å². The van der Waals surface area contributed by atoms with Gasteiger partial charge in [-0.1, -0.05) is 20.3 Å². The molecule has 6 heteroatoms. The number of anilines is 1. The Morgan fingerprint density at radius 3 is 2.43 bits per heavy atom. The Morgan fingerprint density at radius 1 is 1.00 bits per heavy atom. The largest absolute Gasteiger partial charge is 0.342 e. The molecule has 3 aliphatic heterocycles. The molecule has 0 aliphatic carbocycles. The first-order valence-corrected chi connectivity index (χ1v) is 11.3. The van der Waals surface area contributed by atoms with E-state index in [1.54, 1.807) is 6.07 Å². The standard InChI is InChI=1S/C22H37N5O/c1-22(2,16-25-9-4-3-5-10-25)17-26-13-8-18(15-26)19-14-20(28)24-21(23-19)27-11-6-7-12-27/h14,18H,3-13,15-17H2,1-2H3,(H,23,24,28). The lowest BCUT2D eigenvalue weighted by atomic mass is 9.91. The molecule has 0 bridgehead atoms. The summed E-state index contributed by atoms with van der Waals surface area (Å²) in [4.78, 5) is 27.5. The van der Waals surface area contributed by atoms with Crippen LogP contribution in [-0.2, 0) is 0 Å². The Balaban J connectivity index is 1.36. The van der Waals surface area contributed by atoms with Crippen LogP contribution < -0.4 is 10.5 Å². The Kier molecular flexibility index (Phi) is 6.07. The number of hydrogen-bond donors (Lipinski definition) is 1. The van der Waals surface area contributed by atoms with Crippen molar-refractivity contribution in [1.29, 1.82) is 0 Å². The molecule has 0 spiro atoms. The SMILES string of the molecule is CC(C)(CN1CCCCC1)CN1CCC(c2cc(=O)[nH]c(N3CCCC3)n2)C1. The van der Waals surface area contributed by atoms with Gasteiger partial charge in [0.15, 0.2) is 0 Å². The van der Waals surface area contributed by atoms with E-state index in [4.69, 9.17) is 4.98 Å². The second-order valence-electron chi connectivity index (χ2n) is 9.91. The van der Waals surface area contributed by atoms with Gasteiger partial charge in [0.25, 0.3) is 5.56 Å². The predicted molar refractivity (Wildman–Crippen MR) is 114 cm³/mol. The van der Waals surface area contributed by atoms with Crippen LogP contribution in [0.4, 0.5) is 5.95 Å². The molecule has 0 radical (unpaired) electrons. The van der Waals surface area contributed by atoms with E-state index < -0.39 is 0 Å². The highest BCUT2D eigenvalue weighted by atomic mass is 16.1. The third-order valence-electron chi connectivity index (χ3n) is 6.60. The summed E-state index contributed by atoms with van der Waals surface area (Å²) in [5.74, 6) is 1.17. The van der Waals surface area contributed by atoms with Gasteiger partial charge in [-0.2, -0.15) is 0 Å². The van der Waals surface area contributed by atoms with Gasteiger partial charge in [0.05, 0.1) is 5.69 Å². The van der Waals surface area contributed by atoms with Crippen LogP contribution in [0.3, 0.4) is 0 Å². The van der Waals surface area contributed by atoms with Crippen LogP contribution >= 0.6 is 0 Å². The fourth-order valence-corrected chi connectivity index (χ4v) is 5.35. The van der Waals surface area contributed by atoms with Crippen LogP contribution in [0, 0.1) is 5.41 Å². The smallest absolute Gasteiger partial charge is 0.252 e. The van der Waals surface area contributed by atoms with Crippen molar-refractivity contribution in [2.75, 3.05) is 57.3 Å². The molecule has 0 aromatic carbocycles. The summed E-state index contributed by atoms with van der Waals surface area (Å²) in [5.41, 5.74) is 1.28. The summed E-state index contributed by atoms with van der Waals surface area (Å²) in [5, 5.41) is 0. The van der Waals surface area contributed by atoms with E-state index in [0.29, 0.717) is 11.3 Å². The van der Waals surface area contributed by atoms with Crippen LogP contribution in [0.1, 0.15) is 64.0 Å². The van der Waals surface area contributed by atoms with E-state index >= 15 is 0 Å². The lowest BCUT2D eigenvalue weighted by molar-refractivity contribution is 0.117. The number of likely N-dealkylation sites (tertiary alicyclic amines) is 2. The minimum atomic E-state index is -0.00391. The summed E-state index contributed by atoms with van der Waals surface area (Å²) < 4.78 is 0. The van der Waals surface area contributed by atoms with Gasteiger partial charge in [-0.05, 0) is 57.2 Å². The topological polar surface area (TPSA) is 55.5 Å². The fourth-order valence-electron chi connectivity index (χ4n) is 5.35. The number of hydrogen-bond acceptors (Lipinski definition) is 5. The lowest BCUT2D eigenvalue weighted by Gasteiger charge is -2.37. The summed E-state index contributed by atoms with van der Waals surface area (Å²) in [6.45, 7) is 13.8. The Morgan fingerprint density at radius 2 is 1.68 bits per heavy atom. The van der Waals surface area contributed by atoms with Gasteiger partial charge >= 0.3 is 0 Å². The highest BCUT2D eigenvalue weighted by Gasteiger charge is 2.31. The number of nitrogens with zero attached hydrogens (tertiary/aromatic N) is 4. The zero-order chi connectivity index (χ0) is 19.6. The summed E-state index contributed by atoms with van der Waals surface area (Å²) in [6, 6.07) is 1.73. The zero-order valence-corrected chi connectivity index (χ0v) is 17.8. The molecule has 4 heterocycles. The number of H-pyrrole nitrogens is 1. The van der Waals surface area contributed by atoms with Gasteiger partial charge in [-0.25, -0.2) is 4.98 Å². The second-order valence-corrected chi connectivity index (χ2v) is 9.91. The van der Waals surface area contributed by atoms with Crippen molar-refractivity contribution in [3.63, 3.8) is 0 Å². The van der Waals surface area contributed by atoms with Crippen LogP contribution in [0.15, 0.2) is 10.9 Å². The van der Waals surface area contributed by atoms with Crippen molar-refractivity contribution in [2.24, 2.45) is 5.41 Å². The molecule has 3 saturated heterocycles. The van der Waals surface area contributed by atoms with Crippen molar-refractivity contribution in [2.45, 2.75) is 58.3 Å². The molecule has 1 unspecified atom stereocenters. The van der Waals surface area contributed by atoms with Crippen molar-refractivity contribution < 1.29 is 0 Å². The molecule has 3 aliphatic rings. The fraction of sp³-hybridized carbons (Fsp3) is 0.818. The summed E-state index contributed by atoms with van der Waals surface area (Å²) >= 11 is 0. The summed E-state index contributed by atoms with van der Waals surface area (Å²) in [7, 11) is 0. The lowest BCUT2D eigenvalue weighted by Crippen LogP contribution is -2.43. The van der Waals surface area contributed by atoms with E-state index in [0.717, 1.165) is 50.8 Å². The Hall–Kier alpha value is -1.40. The second kappa shape index (κ2) is 8.54. The van der Waals surface area contributed by atoms with Crippen molar-refractivity contribution in [1.82, 2.24) is 19.8 Å². The van der Waals surface area contributed by atoms with Gasteiger partial charge in [0.2, 0.25) is 5.95 Å². The quantitative estimate of drug-likeness (QED) is 0.813. The number of aromatic nitrogens is 2. The molecule has 156 valence electrons. The molecule has 1 atom stereocenters. The van der Waals surface area contributed by atoms with Crippen LogP contribution in [0.25, 0.3) is 0 Å². The van der Waals surface area contributed by atoms with Crippen molar-refractivity contribution in [3.05, 3.63) is 22.1 Å². The molecular weight excluding hydrogens is 350 g/mol. The molecule has 3 fully saturated rings. The van der Waals surface area contributed by atoms with E-state index in [1.165, 1.54) is 51.7 Å². The molecule has 0 amide bonds.